The molecule has 0 bridgehead atoms. The van der Waals surface area contributed by atoms with Gasteiger partial charge in [0.1, 0.15) is 48.8 Å². The number of unbranched alkanes of at least 4 members (excludes halogenated alkanes) is 3. The van der Waals surface area contributed by atoms with E-state index in [2.05, 4.69) is 10.0 Å². The molecule has 2 saturated heterocycles. The maximum Gasteiger partial charge on any atom is 0.187 e. The Labute approximate surface area is 435 Å². The first-order valence-electron chi connectivity index (χ1n) is 25.7. The average molecular weight is 1010 g/mol. The van der Waals surface area contributed by atoms with Crippen molar-refractivity contribution in [2.24, 2.45) is 5.11 Å². The van der Waals surface area contributed by atoms with E-state index in [9.17, 15) is 5.11 Å². The van der Waals surface area contributed by atoms with Crippen LogP contribution in [-0.4, -0.2) is 92.9 Å². The van der Waals surface area contributed by atoms with E-state index in [4.69, 9.17) is 52.9 Å². The van der Waals surface area contributed by atoms with Crippen molar-refractivity contribution in [2.75, 3.05) is 26.4 Å². The van der Waals surface area contributed by atoms with Gasteiger partial charge in [0.05, 0.1) is 52.9 Å². The van der Waals surface area contributed by atoms with E-state index in [0.29, 0.717) is 26.4 Å². The third-order valence-corrected chi connectivity index (χ3v) is 12.9. The molecule has 0 radical (unpaired) electrons. The first-order valence-corrected chi connectivity index (χ1v) is 25.7. The molecule has 2 aliphatic heterocycles. The van der Waals surface area contributed by atoms with Gasteiger partial charge in [0.2, 0.25) is 0 Å². The standard InChI is InChI=1S/C60H69N3O11/c61-63-62-35-21-1-2-22-36-67-59-58(71-42-50-33-19-8-20-34-50)56(69-40-48-29-15-6-16-30-48)54(52(73-59)44-66-38-46-25-11-4-12-26-46)74-60-57(70-41-49-31-17-7-18-32-49)55(68-39-47-27-13-5-14-28-47)53(64)51(72-60)43-65-37-45-23-9-3-10-24-45/h3-20,23-34,51-60,64H,1-2,21-22,35-44H2/t51-,52-,53+,54-,55+,56+,57-,58-,59-,60+/m1/s1. The molecule has 2 fully saturated rings. The van der Waals surface area contributed by atoms with Crippen molar-refractivity contribution in [2.45, 2.75) is 127 Å². The molecule has 0 saturated carbocycles. The normalized spacial score (nSPS) is 23.7. The molecule has 14 heteroatoms. The minimum absolute atomic E-state index is 0.0233. The second-order valence-corrected chi connectivity index (χ2v) is 18.5. The van der Waals surface area contributed by atoms with Crippen LogP contribution in [0.3, 0.4) is 0 Å². The zero-order valence-electron chi connectivity index (χ0n) is 41.9. The summed E-state index contributed by atoms with van der Waals surface area (Å²) in [4.78, 5) is 2.89. The van der Waals surface area contributed by atoms with Gasteiger partial charge >= 0.3 is 0 Å². The molecule has 0 aliphatic carbocycles. The average Bonchev–Trinajstić information content (AvgIpc) is 3.45. The molecule has 0 unspecified atom stereocenters. The predicted octanol–water partition coefficient (Wildman–Crippen LogP) is 10.8. The number of benzene rings is 6. The van der Waals surface area contributed by atoms with Crippen LogP contribution in [-0.2, 0) is 87.0 Å². The summed E-state index contributed by atoms with van der Waals surface area (Å²) in [6.45, 7) is 2.33. The minimum atomic E-state index is -1.19. The Morgan fingerprint density at radius 3 is 1.24 bits per heavy atom. The lowest BCUT2D eigenvalue weighted by molar-refractivity contribution is -0.375. The first-order chi connectivity index (χ1) is 36.6. The van der Waals surface area contributed by atoms with Crippen LogP contribution in [0.1, 0.15) is 59.1 Å². The Morgan fingerprint density at radius 2 is 0.784 bits per heavy atom. The zero-order chi connectivity index (χ0) is 50.8. The highest BCUT2D eigenvalue weighted by Gasteiger charge is 2.54. The molecule has 6 aromatic rings. The van der Waals surface area contributed by atoms with Crippen LogP contribution in [0, 0.1) is 0 Å². The number of rotatable bonds is 30. The monoisotopic (exact) mass is 1010 g/mol. The predicted molar refractivity (Wildman–Crippen MR) is 279 cm³/mol. The largest absolute Gasteiger partial charge is 0.387 e. The molecule has 2 aliphatic rings. The molecular weight excluding hydrogens is 939 g/mol. The molecule has 8 rings (SSSR count). The van der Waals surface area contributed by atoms with Gasteiger partial charge in [-0.15, -0.1) is 0 Å². The van der Waals surface area contributed by atoms with Crippen LogP contribution in [0.5, 0.6) is 0 Å². The highest BCUT2D eigenvalue weighted by atomic mass is 16.8. The summed E-state index contributed by atoms with van der Waals surface area (Å²) in [5, 5.41) is 16.1. The summed E-state index contributed by atoms with van der Waals surface area (Å²) < 4.78 is 68.5. The molecule has 74 heavy (non-hydrogen) atoms. The Kier molecular flexibility index (Phi) is 22.5. The number of ether oxygens (including phenoxy) is 10. The van der Waals surface area contributed by atoms with E-state index in [1.54, 1.807) is 0 Å². The number of azide groups is 1. The van der Waals surface area contributed by atoms with E-state index < -0.39 is 61.4 Å². The molecule has 0 aromatic heterocycles. The van der Waals surface area contributed by atoms with Gasteiger partial charge in [-0.25, -0.2) is 0 Å². The van der Waals surface area contributed by atoms with E-state index in [1.165, 1.54) is 0 Å². The highest BCUT2D eigenvalue weighted by Crippen LogP contribution is 2.36. The molecule has 0 spiro atoms. The Hall–Kier alpha value is -5.81. The zero-order valence-corrected chi connectivity index (χ0v) is 41.9. The first kappa shape index (κ1) is 54.5. The number of aliphatic hydroxyl groups is 1. The van der Waals surface area contributed by atoms with Gasteiger partial charge in [-0.05, 0) is 51.8 Å². The summed E-state index contributed by atoms with van der Waals surface area (Å²) >= 11 is 0. The lowest BCUT2D eigenvalue weighted by Gasteiger charge is -2.49. The van der Waals surface area contributed by atoms with Crippen LogP contribution in [0.4, 0.5) is 0 Å². The minimum Gasteiger partial charge on any atom is -0.387 e. The topological polar surface area (TPSA) is 161 Å². The molecule has 10 atom stereocenters. The Balaban J connectivity index is 1.15. The summed E-state index contributed by atoms with van der Waals surface area (Å²) in [5.74, 6) is 0. The van der Waals surface area contributed by atoms with Crippen LogP contribution in [0.25, 0.3) is 10.4 Å². The quantitative estimate of drug-likeness (QED) is 0.0198. The number of nitrogens with zero attached hydrogens (tertiary/aromatic N) is 3. The molecular formula is C60H69N3O11. The molecule has 14 nitrogen and oxygen atoms in total. The SMILES string of the molecule is [N-]=[N+]=NCCCCCCO[C@@H]1O[C@H](COCc2ccccc2)[C@@H](O[C@@H]2O[C@H](COCc3ccccc3)[C@H](O)[C@H](OCc3ccccc3)[C@H]2OCc2ccccc2)[C@H](OCc2ccccc2)[C@H]1OCc1ccccc1. The van der Waals surface area contributed by atoms with Crippen molar-refractivity contribution < 1.29 is 52.5 Å². The fourth-order valence-electron chi connectivity index (χ4n) is 9.02. The van der Waals surface area contributed by atoms with Crippen molar-refractivity contribution in [1.29, 1.82) is 0 Å². The molecule has 0 amide bonds. The van der Waals surface area contributed by atoms with Crippen molar-refractivity contribution in [1.82, 2.24) is 0 Å². The van der Waals surface area contributed by atoms with Crippen molar-refractivity contribution in [3.8, 4) is 0 Å². The van der Waals surface area contributed by atoms with Crippen molar-refractivity contribution >= 4 is 0 Å². The number of aliphatic hydroxyl groups excluding tert-OH is 1. The van der Waals surface area contributed by atoms with E-state index in [0.717, 1.165) is 59.1 Å². The Bertz CT molecular complexity index is 2480. The van der Waals surface area contributed by atoms with Crippen LogP contribution >= 0.6 is 0 Å². The number of hydrogen-bond donors (Lipinski definition) is 1. The second-order valence-electron chi connectivity index (χ2n) is 18.5. The van der Waals surface area contributed by atoms with Crippen LogP contribution in [0.2, 0.25) is 0 Å². The van der Waals surface area contributed by atoms with Gasteiger partial charge in [-0.3, -0.25) is 0 Å². The molecule has 390 valence electrons. The maximum absolute atomic E-state index is 12.4. The van der Waals surface area contributed by atoms with E-state index >= 15 is 0 Å². The van der Waals surface area contributed by atoms with Gasteiger partial charge < -0.3 is 52.5 Å². The summed E-state index contributed by atoms with van der Waals surface area (Å²) in [5.41, 5.74) is 14.5. The highest BCUT2D eigenvalue weighted by molar-refractivity contribution is 5.18. The van der Waals surface area contributed by atoms with Crippen LogP contribution < -0.4 is 0 Å². The van der Waals surface area contributed by atoms with Crippen molar-refractivity contribution in [3.05, 3.63) is 226 Å². The lowest BCUT2D eigenvalue weighted by atomic mass is 9.96. The van der Waals surface area contributed by atoms with E-state index in [-0.39, 0.29) is 39.6 Å². The summed E-state index contributed by atoms with van der Waals surface area (Å²) in [6.07, 6.45) is -6.21. The fourth-order valence-corrected chi connectivity index (χ4v) is 9.02. The van der Waals surface area contributed by atoms with Gasteiger partial charge in [0.15, 0.2) is 12.6 Å². The second kappa shape index (κ2) is 30.5. The van der Waals surface area contributed by atoms with Crippen molar-refractivity contribution in [3.63, 3.8) is 0 Å². The Morgan fingerprint density at radius 1 is 0.405 bits per heavy atom. The van der Waals surface area contributed by atoms with E-state index in [1.807, 2.05) is 182 Å². The third-order valence-electron chi connectivity index (χ3n) is 12.9. The van der Waals surface area contributed by atoms with Gasteiger partial charge in [-0.2, -0.15) is 0 Å². The maximum atomic E-state index is 12.4. The van der Waals surface area contributed by atoms with Gasteiger partial charge in [0.25, 0.3) is 0 Å². The summed E-state index contributed by atoms with van der Waals surface area (Å²) in [7, 11) is 0. The molecule has 6 aromatic carbocycles. The number of hydrogen-bond acceptors (Lipinski definition) is 12. The fraction of sp³-hybridized carbons (Fsp3) is 0.400. The third kappa shape index (κ3) is 17.1. The van der Waals surface area contributed by atoms with Gasteiger partial charge in [0, 0.05) is 18.1 Å². The van der Waals surface area contributed by atoms with Crippen LogP contribution in [0.15, 0.2) is 187 Å². The smallest absolute Gasteiger partial charge is 0.187 e. The molecule has 1 N–H and O–H groups in total. The molecule has 2 heterocycles. The van der Waals surface area contributed by atoms with Gasteiger partial charge in [-0.1, -0.05) is 200 Å². The summed E-state index contributed by atoms with van der Waals surface area (Å²) in [6, 6.07) is 59.3. The lowest BCUT2D eigenvalue weighted by Crippen LogP contribution is -2.66.